The van der Waals surface area contributed by atoms with Gasteiger partial charge in [-0.3, -0.25) is 14.9 Å². The summed E-state index contributed by atoms with van der Waals surface area (Å²) >= 11 is 0. The van der Waals surface area contributed by atoms with Crippen molar-refractivity contribution >= 4 is 17.5 Å². The molecule has 0 aromatic heterocycles. The van der Waals surface area contributed by atoms with Crippen molar-refractivity contribution in [3.05, 3.63) is 29.3 Å². The van der Waals surface area contributed by atoms with E-state index in [-0.39, 0.29) is 23.9 Å². The van der Waals surface area contributed by atoms with Crippen molar-refractivity contribution in [1.82, 2.24) is 10.2 Å². The molecule has 2 heterocycles. The minimum Gasteiger partial charge on any atom is -0.341 e. The van der Waals surface area contributed by atoms with Gasteiger partial charge in [-0.2, -0.15) is 0 Å². The summed E-state index contributed by atoms with van der Waals surface area (Å²) in [6, 6.07) is 5.88. The molecule has 5 heteroatoms. The van der Waals surface area contributed by atoms with Crippen LogP contribution in [0.5, 0.6) is 0 Å². The first-order valence-corrected chi connectivity index (χ1v) is 8.91. The Morgan fingerprint density at radius 2 is 2.00 bits per heavy atom. The van der Waals surface area contributed by atoms with Crippen LogP contribution in [0.15, 0.2) is 18.2 Å². The van der Waals surface area contributed by atoms with E-state index in [0.717, 1.165) is 48.7 Å². The number of hydrogen-bond acceptors (Lipinski definition) is 3. The Balaban J connectivity index is 1.60. The maximum absolute atomic E-state index is 12.6. The van der Waals surface area contributed by atoms with E-state index in [0.29, 0.717) is 6.42 Å². The number of hydrogen-bond donors (Lipinski definition) is 2. The Labute approximate surface area is 143 Å². The van der Waals surface area contributed by atoms with Gasteiger partial charge in [-0.05, 0) is 49.8 Å². The van der Waals surface area contributed by atoms with E-state index in [1.54, 1.807) is 0 Å². The van der Waals surface area contributed by atoms with Gasteiger partial charge in [-0.1, -0.05) is 19.1 Å². The lowest BCUT2D eigenvalue weighted by Crippen LogP contribution is -2.48. The van der Waals surface area contributed by atoms with Crippen LogP contribution in [0, 0.1) is 5.92 Å². The molecule has 2 aliphatic rings. The van der Waals surface area contributed by atoms with Crippen LogP contribution in [0.1, 0.15) is 50.8 Å². The lowest BCUT2D eigenvalue weighted by molar-refractivity contribution is -0.134. The molecular weight excluding hydrogens is 302 g/mol. The van der Waals surface area contributed by atoms with Gasteiger partial charge in [-0.25, -0.2) is 0 Å². The molecule has 2 atom stereocenters. The van der Waals surface area contributed by atoms with E-state index in [9.17, 15) is 9.59 Å². The van der Waals surface area contributed by atoms with Gasteiger partial charge in [0, 0.05) is 24.8 Å². The normalized spacial score (nSPS) is 20.5. The smallest absolute Gasteiger partial charge is 0.239 e. The van der Waals surface area contributed by atoms with Gasteiger partial charge >= 0.3 is 0 Å². The number of fused-ring (bicyclic) bond motifs is 1. The number of amides is 2. The highest BCUT2D eigenvalue weighted by Gasteiger charge is 2.26. The number of nitrogens with one attached hydrogen (secondary N) is 2. The first kappa shape index (κ1) is 17.0. The fourth-order valence-corrected chi connectivity index (χ4v) is 3.56. The van der Waals surface area contributed by atoms with E-state index in [1.807, 2.05) is 24.0 Å². The lowest BCUT2D eigenvalue weighted by Gasteiger charge is -2.33. The second-order valence-corrected chi connectivity index (χ2v) is 7.26. The van der Waals surface area contributed by atoms with Gasteiger partial charge in [0.15, 0.2) is 0 Å². The van der Waals surface area contributed by atoms with E-state index >= 15 is 0 Å². The standard InChI is InChI=1S/C19H27N3O2/c1-12-6-8-22(9-7-12)19(24)14(3)20-13(2)15-4-5-17-16(10-15)11-18(23)21-17/h4-5,10,12-14,20H,6-9,11H2,1-3H3,(H,21,23). The first-order valence-electron chi connectivity index (χ1n) is 8.91. The zero-order chi connectivity index (χ0) is 17.3. The molecule has 2 amide bonds. The topological polar surface area (TPSA) is 61.4 Å². The van der Waals surface area contributed by atoms with E-state index in [1.165, 1.54) is 0 Å². The molecule has 0 spiro atoms. The zero-order valence-electron chi connectivity index (χ0n) is 14.8. The zero-order valence-corrected chi connectivity index (χ0v) is 14.8. The number of rotatable bonds is 4. The van der Waals surface area contributed by atoms with Gasteiger partial charge in [0.2, 0.25) is 11.8 Å². The number of carbonyl (C=O) groups is 2. The van der Waals surface area contributed by atoms with Crippen molar-refractivity contribution in [2.75, 3.05) is 18.4 Å². The third-order valence-electron chi connectivity index (χ3n) is 5.22. The maximum atomic E-state index is 12.6. The quantitative estimate of drug-likeness (QED) is 0.892. The third kappa shape index (κ3) is 3.61. The molecule has 0 aliphatic carbocycles. The summed E-state index contributed by atoms with van der Waals surface area (Å²) in [5, 5.41) is 6.26. The average molecular weight is 329 g/mol. The Morgan fingerprint density at radius 3 is 2.71 bits per heavy atom. The average Bonchev–Trinajstić information content (AvgIpc) is 2.93. The highest BCUT2D eigenvalue weighted by atomic mass is 16.2. The lowest BCUT2D eigenvalue weighted by atomic mass is 9.98. The van der Waals surface area contributed by atoms with Crippen molar-refractivity contribution in [1.29, 1.82) is 0 Å². The van der Waals surface area contributed by atoms with Crippen LogP contribution >= 0.6 is 0 Å². The largest absolute Gasteiger partial charge is 0.341 e. The SMILES string of the molecule is CC1CCN(C(=O)C(C)NC(C)c2ccc3c(c2)CC(=O)N3)CC1. The molecule has 1 aromatic carbocycles. The molecule has 1 saturated heterocycles. The van der Waals surface area contributed by atoms with Gasteiger partial charge in [0.1, 0.15) is 0 Å². The van der Waals surface area contributed by atoms with Crippen LogP contribution in [0.2, 0.25) is 0 Å². The minimum absolute atomic E-state index is 0.0469. The second kappa shape index (κ2) is 6.93. The summed E-state index contributed by atoms with van der Waals surface area (Å²) in [4.78, 5) is 26.1. The Bertz CT molecular complexity index is 635. The Hall–Kier alpha value is -1.88. The number of anilines is 1. The van der Waals surface area contributed by atoms with Crippen LogP contribution in [0.4, 0.5) is 5.69 Å². The molecule has 3 rings (SSSR count). The molecule has 2 unspecified atom stereocenters. The minimum atomic E-state index is -0.207. The molecule has 5 nitrogen and oxygen atoms in total. The van der Waals surface area contributed by atoms with Crippen LogP contribution in [0.3, 0.4) is 0 Å². The molecule has 1 fully saturated rings. The fourth-order valence-electron chi connectivity index (χ4n) is 3.56. The monoisotopic (exact) mass is 329 g/mol. The van der Waals surface area contributed by atoms with Crippen molar-refractivity contribution in [3.63, 3.8) is 0 Å². The summed E-state index contributed by atoms with van der Waals surface area (Å²) in [7, 11) is 0. The number of piperidine rings is 1. The Kier molecular flexibility index (Phi) is 4.90. The molecule has 2 N–H and O–H groups in total. The van der Waals surface area contributed by atoms with Crippen LogP contribution < -0.4 is 10.6 Å². The summed E-state index contributed by atoms with van der Waals surface area (Å²) in [5.74, 6) is 0.955. The molecule has 130 valence electrons. The van der Waals surface area contributed by atoms with E-state index in [2.05, 4.69) is 30.5 Å². The van der Waals surface area contributed by atoms with Crippen molar-refractivity contribution in [2.24, 2.45) is 5.92 Å². The van der Waals surface area contributed by atoms with Crippen LogP contribution in [0.25, 0.3) is 0 Å². The van der Waals surface area contributed by atoms with Crippen molar-refractivity contribution < 1.29 is 9.59 Å². The molecule has 1 aromatic rings. The highest BCUT2D eigenvalue weighted by Crippen LogP contribution is 2.26. The molecule has 0 radical (unpaired) electrons. The maximum Gasteiger partial charge on any atom is 0.239 e. The number of carbonyl (C=O) groups excluding carboxylic acids is 2. The summed E-state index contributed by atoms with van der Waals surface area (Å²) in [6.45, 7) is 7.99. The molecule has 0 bridgehead atoms. The van der Waals surface area contributed by atoms with Gasteiger partial charge < -0.3 is 10.2 Å². The second-order valence-electron chi connectivity index (χ2n) is 7.26. The number of benzene rings is 1. The van der Waals surface area contributed by atoms with Gasteiger partial charge in [0.05, 0.1) is 12.5 Å². The fraction of sp³-hybridized carbons (Fsp3) is 0.579. The van der Waals surface area contributed by atoms with Gasteiger partial charge in [-0.15, -0.1) is 0 Å². The first-order chi connectivity index (χ1) is 11.4. The van der Waals surface area contributed by atoms with E-state index in [4.69, 9.17) is 0 Å². The molecule has 24 heavy (non-hydrogen) atoms. The Morgan fingerprint density at radius 1 is 1.29 bits per heavy atom. The molecular formula is C19H27N3O2. The predicted molar refractivity (Wildman–Crippen MR) is 94.8 cm³/mol. The van der Waals surface area contributed by atoms with Gasteiger partial charge in [0.25, 0.3) is 0 Å². The van der Waals surface area contributed by atoms with Crippen molar-refractivity contribution in [3.8, 4) is 0 Å². The molecule has 0 saturated carbocycles. The predicted octanol–water partition coefficient (Wildman–Crippen LogP) is 2.48. The summed E-state index contributed by atoms with van der Waals surface area (Å²) in [6.07, 6.45) is 2.63. The number of nitrogens with zero attached hydrogens (tertiary/aromatic N) is 1. The highest BCUT2D eigenvalue weighted by molar-refractivity contribution is 5.99. The third-order valence-corrected chi connectivity index (χ3v) is 5.22. The van der Waals surface area contributed by atoms with E-state index < -0.39 is 0 Å². The van der Waals surface area contributed by atoms with Crippen LogP contribution in [-0.4, -0.2) is 35.8 Å². The van der Waals surface area contributed by atoms with Crippen molar-refractivity contribution in [2.45, 2.75) is 52.1 Å². The summed E-state index contributed by atoms with van der Waals surface area (Å²) < 4.78 is 0. The number of likely N-dealkylation sites (tertiary alicyclic amines) is 1. The summed E-state index contributed by atoms with van der Waals surface area (Å²) in [5.41, 5.74) is 3.05. The van der Waals surface area contributed by atoms with Crippen LogP contribution in [-0.2, 0) is 16.0 Å². The molecule has 2 aliphatic heterocycles.